The molecule has 0 aromatic carbocycles. The highest BCUT2D eigenvalue weighted by Gasteiger charge is 2.36. The minimum atomic E-state index is -3.17. The Kier molecular flexibility index (Phi) is 3.63. The number of anilines is 1. The number of aryl methyl sites for hydroxylation is 1. The van der Waals surface area contributed by atoms with Gasteiger partial charge < -0.3 is 10.0 Å². The minimum Gasteiger partial charge on any atom is -0.390 e. The van der Waals surface area contributed by atoms with Crippen molar-refractivity contribution in [1.82, 2.24) is 4.98 Å². The van der Waals surface area contributed by atoms with Crippen LogP contribution in [0.3, 0.4) is 0 Å². The minimum absolute atomic E-state index is 0.111. The van der Waals surface area contributed by atoms with Gasteiger partial charge >= 0.3 is 5.92 Å². The lowest BCUT2D eigenvalue weighted by atomic mass is 10.1. The van der Waals surface area contributed by atoms with Gasteiger partial charge in [0.25, 0.3) is 0 Å². The number of aromatic nitrogens is 1. The summed E-state index contributed by atoms with van der Waals surface area (Å²) < 4.78 is 26.9. The lowest BCUT2D eigenvalue weighted by Crippen LogP contribution is -2.29. The van der Waals surface area contributed by atoms with Gasteiger partial charge in [-0.2, -0.15) is 8.78 Å². The van der Waals surface area contributed by atoms with E-state index in [9.17, 15) is 8.78 Å². The molecule has 1 N–H and O–H groups in total. The molecule has 0 unspecified atom stereocenters. The second kappa shape index (κ2) is 4.86. The maximum Gasteiger partial charge on any atom is 0.306 e. The fourth-order valence-corrected chi connectivity index (χ4v) is 3.10. The molecule has 0 atom stereocenters. The number of hydrogen-bond donors (Lipinski definition) is 1. The number of aliphatic hydroxyl groups is 1. The van der Waals surface area contributed by atoms with Crippen LogP contribution in [0.15, 0.2) is 0 Å². The van der Waals surface area contributed by atoms with Crippen LogP contribution in [-0.2, 0) is 5.92 Å². The Morgan fingerprint density at radius 3 is 2.59 bits per heavy atom. The van der Waals surface area contributed by atoms with Crippen molar-refractivity contribution < 1.29 is 13.9 Å². The summed E-state index contributed by atoms with van der Waals surface area (Å²) in [6.45, 7) is 2.19. The van der Waals surface area contributed by atoms with Crippen molar-refractivity contribution in [3.8, 4) is 0 Å². The molecule has 0 aliphatic carbocycles. The van der Waals surface area contributed by atoms with Crippen LogP contribution < -0.4 is 4.90 Å². The summed E-state index contributed by atoms with van der Waals surface area (Å²) in [5.74, 6) is -3.17. The van der Waals surface area contributed by atoms with Crippen LogP contribution >= 0.6 is 11.3 Å². The van der Waals surface area contributed by atoms with Crippen LogP contribution in [0.1, 0.15) is 29.8 Å². The first kappa shape index (κ1) is 12.7. The van der Waals surface area contributed by atoms with Gasteiger partial charge in [-0.05, 0) is 26.2 Å². The highest BCUT2D eigenvalue weighted by atomic mass is 32.1. The largest absolute Gasteiger partial charge is 0.390 e. The standard InChI is InChI=1S/C11H16F2N2OS/c1-8-9(11(12,13)7-16)17-10(14-8)15-5-3-2-4-6-15/h16H,2-7H2,1H3. The molecule has 96 valence electrons. The van der Waals surface area contributed by atoms with Crippen molar-refractivity contribution in [3.63, 3.8) is 0 Å². The van der Waals surface area contributed by atoms with E-state index in [1.54, 1.807) is 6.92 Å². The molecule has 0 amide bonds. The Labute approximate surface area is 103 Å². The second-order valence-electron chi connectivity index (χ2n) is 4.32. The van der Waals surface area contributed by atoms with Gasteiger partial charge in [0.1, 0.15) is 11.5 Å². The number of halogens is 2. The van der Waals surface area contributed by atoms with Crippen molar-refractivity contribution in [2.75, 3.05) is 24.6 Å². The lowest BCUT2D eigenvalue weighted by Gasteiger charge is -2.25. The number of hydrogen-bond acceptors (Lipinski definition) is 4. The zero-order valence-corrected chi connectivity index (χ0v) is 10.6. The molecule has 6 heteroatoms. The molecule has 2 rings (SSSR count). The van der Waals surface area contributed by atoms with E-state index in [2.05, 4.69) is 9.88 Å². The van der Waals surface area contributed by atoms with Gasteiger partial charge in [-0.1, -0.05) is 11.3 Å². The van der Waals surface area contributed by atoms with Crippen molar-refractivity contribution in [3.05, 3.63) is 10.6 Å². The molecule has 1 saturated heterocycles. The van der Waals surface area contributed by atoms with E-state index in [0.717, 1.165) is 37.3 Å². The lowest BCUT2D eigenvalue weighted by molar-refractivity contribution is -0.0530. The number of thiazole rings is 1. The molecular weight excluding hydrogens is 246 g/mol. The Morgan fingerprint density at radius 1 is 1.35 bits per heavy atom. The Morgan fingerprint density at radius 2 is 2.00 bits per heavy atom. The molecular formula is C11H16F2N2OS. The molecule has 1 aromatic rings. The van der Waals surface area contributed by atoms with Crippen LogP contribution in [0.25, 0.3) is 0 Å². The highest BCUT2D eigenvalue weighted by molar-refractivity contribution is 7.15. The van der Waals surface area contributed by atoms with Crippen molar-refractivity contribution in [1.29, 1.82) is 0 Å². The molecule has 1 aliphatic heterocycles. The highest BCUT2D eigenvalue weighted by Crippen LogP contribution is 2.38. The Balaban J connectivity index is 2.23. The molecule has 0 bridgehead atoms. The first-order valence-corrected chi connectivity index (χ1v) is 6.58. The predicted molar refractivity (Wildman–Crippen MR) is 63.9 cm³/mol. The van der Waals surface area contributed by atoms with Gasteiger partial charge in [0.2, 0.25) is 0 Å². The van der Waals surface area contributed by atoms with E-state index in [4.69, 9.17) is 5.11 Å². The van der Waals surface area contributed by atoms with E-state index >= 15 is 0 Å². The SMILES string of the molecule is Cc1nc(N2CCCCC2)sc1C(F)(F)CO. The summed E-state index contributed by atoms with van der Waals surface area (Å²) >= 11 is 1.00. The number of nitrogens with zero attached hydrogens (tertiary/aromatic N) is 2. The third-order valence-electron chi connectivity index (χ3n) is 2.94. The maximum absolute atomic E-state index is 13.4. The average Bonchev–Trinajstić information content (AvgIpc) is 2.73. The summed E-state index contributed by atoms with van der Waals surface area (Å²) in [6, 6.07) is 0. The average molecular weight is 262 g/mol. The summed E-state index contributed by atoms with van der Waals surface area (Å²) in [4.78, 5) is 6.14. The fourth-order valence-electron chi connectivity index (χ4n) is 2.01. The van der Waals surface area contributed by atoms with E-state index in [0.29, 0.717) is 10.8 Å². The zero-order chi connectivity index (χ0) is 12.5. The van der Waals surface area contributed by atoms with Gasteiger partial charge in [0.15, 0.2) is 5.13 Å². The molecule has 1 fully saturated rings. The first-order valence-electron chi connectivity index (χ1n) is 5.76. The second-order valence-corrected chi connectivity index (χ2v) is 5.30. The third kappa shape index (κ3) is 2.57. The van der Waals surface area contributed by atoms with Crippen LogP contribution in [-0.4, -0.2) is 29.8 Å². The molecule has 0 spiro atoms. The van der Waals surface area contributed by atoms with Gasteiger partial charge in [-0.3, -0.25) is 0 Å². The Bertz CT molecular complexity index is 389. The summed E-state index contributed by atoms with van der Waals surface area (Å²) in [5, 5.41) is 9.36. The van der Waals surface area contributed by atoms with Gasteiger partial charge in [-0.25, -0.2) is 4.98 Å². The molecule has 1 aliphatic rings. The van der Waals surface area contributed by atoms with Gasteiger partial charge in [0.05, 0.1) is 5.69 Å². The maximum atomic E-state index is 13.4. The number of rotatable bonds is 3. The van der Waals surface area contributed by atoms with Gasteiger partial charge in [-0.15, -0.1) is 0 Å². The van der Waals surface area contributed by atoms with E-state index in [1.165, 1.54) is 6.42 Å². The monoisotopic (exact) mass is 262 g/mol. The molecule has 3 nitrogen and oxygen atoms in total. The third-order valence-corrected chi connectivity index (χ3v) is 4.27. The van der Waals surface area contributed by atoms with Crippen molar-refractivity contribution in [2.24, 2.45) is 0 Å². The molecule has 0 saturated carbocycles. The summed E-state index contributed by atoms with van der Waals surface area (Å²) in [6.07, 6.45) is 3.37. The van der Waals surface area contributed by atoms with Crippen LogP contribution in [0.2, 0.25) is 0 Å². The van der Waals surface area contributed by atoms with E-state index in [1.807, 2.05) is 0 Å². The quantitative estimate of drug-likeness (QED) is 0.909. The van der Waals surface area contributed by atoms with Crippen molar-refractivity contribution in [2.45, 2.75) is 32.1 Å². The van der Waals surface area contributed by atoms with Crippen LogP contribution in [0, 0.1) is 6.92 Å². The van der Waals surface area contributed by atoms with E-state index < -0.39 is 12.5 Å². The first-order chi connectivity index (χ1) is 8.04. The molecule has 1 aromatic heterocycles. The normalized spacial score (nSPS) is 17.5. The predicted octanol–water partition coefficient (Wildman–Crippen LogP) is 2.53. The fraction of sp³-hybridized carbons (Fsp3) is 0.727. The van der Waals surface area contributed by atoms with Crippen LogP contribution in [0.4, 0.5) is 13.9 Å². The molecule has 2 heterocycles. The number of alkyl halides is 2. The smallest absolute Gasteiger partial charge is 0.306 e. The number of piperidine rings is 1. The zero-order valence-electron chi connectivity index (χ0n) is 9.75. The van der Waals surface area contributed by atoms with E-state index in [-0.39, 0.29) is 4.88 Å². The molecule has 17 heavy (non-hydrogen) atoms. The summed E-state index contributed by atoms with van der Waals surface area (Å²) in [5.41, 5.74) is 0.328. The van der Waals surface area contributed by atoms with Crippen molar-refractivity contribution >= 4 is 16.5 Å². The Hall–Kier alpha value is -0.750. The topological polar surface area (TPSA) is 36.4 Å². The summed E-state index contributed by atoms with van der Waals surface area (Å²) in [7, 11) is 0. The van der Waals surface area contributed by atoms with Gasteiger partial charge in [0, 0.05) is 13.1 Å². The van der Waals surface area contributed by atoms with Crippen LogP contribution in [0.5, 0.6) is 0 Å². The number of aliphatic hydroxyl groups excluding tert-OH is 1. The molecule has 0 radical (unpaired) electrons.